The fourth-order valence-electron chi connectivity index (χ4n) is 3.28. The van der Waals surface area contributed by atoms with Crippen molar-refractivity contribution in [1.82, 2.24) is 5.32 Å². The van der Waals surface area contributed by atoms with E-state index in [2.05, 4.69) is 53.9 Å². The van der Waals surface area contributed by atoms with Crippen LogP contribution in [-0.2, 0) is 6.42 Å². The normalized spacial score (nSPS) is 17.4. The van der Waals surface area contributed by atoms with Gasteiger partial charge in [-0.3, -0.25) is 0 Å². The smallest absolute Gasteiger partial charge is 0.122 e. The van der Waals surface area contributed by atoms with E-state index in [1.807, 2.05) is 12.1 Å². The van der Waals surface area contributed by atoms with E-state index in [4.69, 9.17) is 10.00 Å². The van der Waals surface area contributed by atoms with E-state index in [9.17, 15) is 0 Å². The summed E-state index contributed by atoms with van der Waals surface area (Å²) in [6, 6.07) is 21.3. The molecular weight excluding hydrogens is 296 g/mol. The molecule has 0 amide bonds. The highest BCUT2D eigenvalue weighted by Gasteiger charge is 2.23. The number of hydrogen-bond donors (Lipinski definition) is 1. The van der Waals surface area contributed by atoms with Gasteiger partial charge in [-0.25, -0.2) is 0 Å². The molecule has 2 aromatic carbocycles. The predicted molar refractivity (Wildman–Crippen MR) is 95.8 cm³/mol. The molecular formula is C21H24N2O. The third-order valence-corrected chi connectivity index (χ3v) is 4.56. The second-order valence-corrected chi connectivity index (χ2v) is 6.30. The Kier molecular flexibility index (Phi) is 5.87. The minimum absolute atomic E-state index is 0.230. The number of rotatable bonds is 7. The van der Waals surface area contributed by atoms with Gasteiger partial charge in [-0.2, -0.15) is 5.26 Å². The molecule has 0 radical (unpaired) electrons. The van der Waals surface area contributed by atoms with Crippen LogP contribution in [0.1, 0.15) is 42.9 Å². The van der Waals surface area contributed by atoms with Crippen LogP contribution in [0.3, 0.4) is 0 Å². The van der Waals surface area contributed by atoms with Crippen LogP contribution in [0.25, 0.3) is 0 Å². The number of para-hydroxylation sites is 1. The van der Waals surface area contributed by atoms with Crippen LogP contribution in [0.15, 0.2) is 54.6 Å². The fraction of sp³-hybridized carbons (Fsp3) is 0.381. The van der Waals surface area contributed by atoms with Crippen molar-refractivity contribution in [3.63, 3.8) is 0 Å². The molecule has 1 heterocycles. The van der Waals surface area contributed by atoms with E-state index in [0.717, 1.165) is 38.0 Å². The van der Waals surface area contributed by atoms with E-state index >= 15 is 0 Å². The zero-order chi connectivity index (χ0) is 16.6. The highest BCUT2D eigenvalue weighted by atomic mass is 16.5. The Bertz CT molecular complexity index is 678. The molecule has 0 saturated heterocycles. The van der Waals surface area contributed by atoms with Crippen molar-refractivity contribution in [3.8, 4) is 11.8 Å². The molecule has 2 unspecified atom stereocenters. The summed E-state index contributed by atoms with van der Waals surface area (Å²) < 4.78 is 6.22. The molecule has 0 aliphatic carbocycles. The number of unbranched alkanes of at least 4 members (excludes halogenated alkanes) is 1. The Morgan fingerprint density at radius 1 is 1.12 bits per heavy atom. The van der Waals surface area contributed by atoms with Crippen molar-refractivity contribution >= 4 is 0 Å². The third kappa shape index (κ3) is 4.37. The molecule has 24 heavy (non-hydrogen) atoms. The van der Waals surface area contributed by atoms with Gasteiger partial charge in [0.25, 0.3) is 0 Å². The van der Waals surface area contributed by atoms with Gasteiger partial charge in [-0.1, -0.05) is 48.5 Å². The molecule has 124 valence electrons. The molecule has 0 saturated carbocycles. The van der Waals surface area contributed by atoms with Crippen molar-refractivity contribution < 1.29 is 4.74 Å². The molecule has 1 aliphatic heterocycles. The number of fused-ring (bicyclic) bond motifs is 1. The molecule has 2 atom stereocenters. The number of nitrogens with zero attached hydrogens (tertiary/aromatic N) is 1. The van der Waals surface area contributed by atoms with Gasteiger partial charge in [0.2, 0.25) is 0 Å². The van der Waals surface area contributed by atoms with Gasteiger partial charge in [-0.05, 0) is 43.0 Å². The van der Waals surface area contributed by atoms with Gasteiger partial charge >= 0.3 is 0 Å². The summed E-state index contributed by atoms with van der Waals surface area (Å²) >= 11 is 0. The number of hydrogen-bond acceptors (Lipinski definition) is 3. The van der Waals surface area contributed by atoms with Crippen molar-refractivity contribution in [3.05, 3.63) is 65.7 Å². The second-order valence-electron chi connectivity index (χ2n) is 6.30. The van der Waals surface area contributed by atoms with E-state index in [-0.39, 0.29) is 12.1 Å². The van der Waals surface area contributed by atoms with Crippen LogP contribution < -0.4 is 10.1 Å². The number of aryl methyl sites for hydroxylation is 1. The van der Waals surface area contributed by atoms with Crippen molar-refractivity contribution in [2.24, 2.45) is 0 Å². The first-order valence-electron chi connectivity index (χ1n) is 8.76. The summed E-state index contributed by atoms with van der Waals surface area (Å²) in [6.07, 6.45) is 4.80. The molecule has 3 rings (SSSR count). The van der Waals surface area contributed by atoms with Crippen LogP contribution in [0, 0.1) is 11.3 Å². The van der Waals surface area contributed by atoms with E-state index in [0.29, 0.717) is 6.42 Å². The molecule has 3 heteroatoms. The summed E-state index contributed by atoms with van der Waals surface area (Å²) in [7, 11) is 0. The zero-order valence-electron chi connectivity index (χ0n) is 13.9. The van der Waals surface area contributed by atoms with Gasteiger partial charge in [0.15, 0.2) is 0 Å². The molecule has 0 spiro atoms. The Morgan fingerprint density at radius 3 is 2.75 bits per heavy atom. The predicted octanol–water partition coefficient (Wildman–Crippen LogP) is 4.40. The largest absolute Gasteiger partial charge is 0.490 e. The number of nitrogens with one attached hydrogen (secondary N) is 1. The first kappa shape index (κ1) is 16.5. The van der Waals surface area contributed by atoms with Crippen LogP contribution in [0.2, 0.25) is 0 Å². The van der Waals surface area contributed by atoms with Crippen molar-refractivity contribution in [2.75, 3.05) is 6.54 Å². The second kappa shape index (κ2) is 8.52. The van der Waals surface area contributed by atoms with Crippen LogP contribution in [0.4, 0.5) is 0 Å². The molecule has 0 fully saturated rings. The van der Waals surface area contributed by atoms with Gasteiger partial charge in [-0.15, -0.1) is 0 Å². The Morgan fingerprint density at radius 2 is 1.92 bits per heavy atom. The lowest BCUT2D eigenvalue weighted by molar-refractivity contribution is 0.149. The van der Waals surface area contributed by atoms with Crippen LogP contribution in [0.5, 0.6) is 5.75 Å². The molecule has 3 nitrogen and oxygen atoms in total. The molecule has 1 N–H and O–H groups in total. The van der Waals surface area contributed by atoms with Gasteiger partial charge in [0.05, 0.1) is 6.07 Å². The topological polar surface area (TPSA) is 45.0 Å². The summed E-state index contributed by atoms with van der Waals surface area (Å²) in [5.41, 5.74) is 2.60. The first-order chi connectivity index (χ1) is 11.9. The lowest BCUT2D eigenvalue weighted by Crippen LogP contribution is -2.31. The summed E-state index contributed by atoms with van der Waals surface area (Å²) in [4.78, 5) is 0. The molecule has 0 bridgehead atoms. The minimum Gasteiger partial charge on any atom is -0.490 e. The number of ether oxygens (including phenoxy) is 1. The average molecular weight is 320 g/mol. The zero-order valence-corrected chi connectivity index (χ0v) is 13.9. The third-order valence-electron chi connectivity index (χ3n) is 4.56. The van der Waals surface area contributed by atoms with E-state index in [1.54, 1.807) is 0 Å². The highest BCUT2D eigenvalue weighted by Crippen LogP contribution is 2.31. The lowest BCUT2D eigenvalue weighted by atomic mass is 9.94. The first-order valence-corrected chi connectivity index (χ1v) is 8.76. The Balaban J connectivity index is 1.65. The summed E-state index contributed by atoms with van der Waals surface area (Å²) in [5, 5.41) is 12.3. The standard InChI is InChI=1S/C21H24N2O/c22-14-6-7-15-23-20(17-8-2-1-3-9-17)16-19-13-12-18-10-4-5-11-21(18)24-19/h1-5,8-11,19-20,23H,6-7,12-13,15-16H2. The SMILES string of the molecule is N#CCCCNC(CC1CCc2ccccc2O1)c1ccccc1. The summed E-state index contributed by atoms with van der Waals surface area (Å²) in [5.74, 6) is 1.03. The maximum absolute atomic E-state index is 8.70. The average Bonchev–Trinajstić information content (AvgIpc) is 2.65. The van der Waals surface area contributed by atoms with Gasteiger partial charge < -0.3 is 10.1 Å². The van der Waals surface area contributed by atoms with Crippen molar-refractivity contribution in [1.29, 1.82) is 5.26 Å². The van der Waals surface area contributed by atoms with Gasteiger partial charge in [0, 0.05) is 18.9 Å². The quantitative estimate of drug-likeness (QED) is 0.769. The number of nitriles is 1. The highest BCUT2D eigenvalue weighted by molar-refractivity contribution is 5.35. The van der Waals surface area contributed by atoms with Crippen molar-refractivity contribution in [2.45, 2.75) is 44.2 Å². The summed E-state index contributed by atoms with van der Waals surface area (Å²) in [6.45, 7) is 0.858. The Hall–Kier alpha value is -2.31. The maximum atomic E-state index is 8.70. The minimum atomic E-state index is 0.230. The maximum Gasteiger partial charge on any atom is 0.122 e. The van der Waals surface area contributed by atoms with E-state index in [1.165, 1.54) is 11.1 Å². The number of benzene rings is 2. The molecule has 1 aliphatic rings. The lowest BCUT2D eigenvalue weighted by Gasteiger charge is -2.30. The van der Waals surface area contributed by atoms with Gasteiger partial charge in [0.1, 0.15) is 11.9 Å². The fourth-order valence-corrected chi connectivity index (χ4v) is 3.28. The molecule has 0 aromatic heterocycles. The Labute approximate surface area is 144 Å². The monoisotopic (exact) mass is 320 g/mol. The van der Waals surface area contributed by atoms with Crippen LogP contribution in [-0.4, -0.2) is 12.6 Å². The molecule has 2 aromatic rings. The van der Waals surface area contributed by atoms with E-state index < -0.39 is 0 Å². The van der Waals surface area contributed by atoms with Crippen LogP contribution >= 0.6 is 0 Å².